The van der Waals surface area contributed by atoms with E-state index in [9.17, 15) is 4.39 Å². The van der Waals surface area contributed by atoms with Crippen molar-refractivity contribution in [3.8, 4) is 11.3 Å². The van der Waals surface area contributed by atoms with E-state index in [0.29, 0.717) is 11.3 Å². The number of hydrogen-bond acceptors (Lipinski definition) is 1. The van der Waals surface area contributed by atoms with E-state index < -0.39 is 0 Å². The molecule has 2 heteroatoms. The molecule has 1 heterocycles. The van der Waals surface area contributed by atoms with Crippen LogP contribution in [0.1, 0.15) is 18.4 Å². The second-order valence-corrected chi connectivity index (χ2v) is 4.55. The molecule has 0 atom stereocenters. The Labute approximate surface area is 112 Å². The number of aromatic nitrogens is 1. The topological polar surface area (TPSA) is 12.9 Å². The summed E-state index contributed by atoms with van der Waals surface area (Å²) in [7, 11) is 0. The van der Waals surface area contributed by atoms with E-state index >= 15 is 0 Å². The Hall–Kier alpha value is -2.22. The summed E-state index contributed by atoms with van der Waals surface area (Å²) in [5.74, 6) is -0.233. The van der Waals surface area contributed by atoms with Gasteiger partial charge in [-0.2, -0.15) is 0 Å². The quantitative estimate of drug-likeness (QED) is 0.758. The first-order valence-electron chi connectivity index (χ1n) is 6.42. The predicted octanol–water partition coefficient (Wildman–Crippen LogP) is 4.62. The molecule has 1 aromatic carbocycles. The molecule has 0 fully saturated rings. The van der Waals surface area contributed by atoms with E-state index in [1.807, 2.05) is 30.3 Å². The van der Waals surface area contributed by atoms with Crippen molar-refractivity contribution >= 4 is 5.57 Å². The van der Waals surface area contributed by atoms with Gasteiger partial charge in [-0.05, 0) is 48.2 Å². The number of pyridine rings is 1. The Morgan fingerprint density at radius 2 is 2.00 bits per heavy atom. The van der Waals surface area contributed by atoms with Crippen molar-refractivity contribution in [3.63, 3.8) is 0 Å². The van der Waals surface area contributed by atoms with Gasteiger partial charge in [-0.3, -0.25) is 4.98 Å². The third-order valence-corrected chi connectivity index (χ3v) is 3.24. The van der Waals surface area contributed by atoms with Gasteiger partial charge in [0.05, 0.1) is 5.69 Å². The van der Waals surface area contributed by atoms with E-state index in [-0.39, 0.29) is 5.82 Å². The lowest BCUT2D eigenvalue weighted by atomic mass is 9.97. The first-order chi connectivity index (χ1) is 9.34. The molecule has 0 unspecified atom stereocenters. The summed E-state index contributed by atoms with van der Waals surface area (Å²) in [6.45, 7) is 0. The Morgan fingerprint density at radius 1 is 1.05 bits per heavy atom. The maximum absolute atomic E-state index is 13.9. The van der Waals surface area contributed by atoms with Gasteiger partial charge in [-0.1, -0.05) is 30.4 Å². The van der Waals surface area contributed by atoms with Gasteiger partial charge in [0, 0.05) is 11.8 Å². The smallest absolute Gasteiger partial charge is 0.132 e. The number of rotatable bonds is 2. The summed E-state index contributed by atoms with van der Waals surface area (Å²) in [6.07, 6.45) is 10.2. The maximum atomic E-state index is 13.9. The maximum Gasteiger partial charge on any atom is 0.132 e. The minimum atomic E-state index is -0.233. The molecule has 0 saturated heterocycles. The average molecular weight is 251 g/mol. The monoisotopic (exact) mass is 251 g/mol. The van der Waals surface area contributed by atoms with Crippen LogP contribution in [0.4, 0.5) is 4.39 Å². The number of hydrogen-bond donors (Lipinski definition) is 0. The van der Waals surface area contributed by atoms with Crippen molar-refractivity contribution in [1.82, 2.24) is 4.98 Å². The van der Waals surface area contributed by atoms with Crippen LogP contribution in [0.25, 0.3) is 16.8 Å². The van der Waals surface area contributed by atoms with E-state index in [4.69, 9.17) is 0 Å². The van der Waals surface area contributed by atoms with Crippen molar-refractivity contribution in [2.75, 3.05) is 0 Å². The molecule has 0 amide bonds. The Morgan fingerprint density at radius 3 is 2.74 bits per heavy atom. The third kappa shape index (κ3) is 2.48. The minimum absolute atomic E-state index is 0.233. The van der Waals surface area contributed by atoms with E-state index in [1.165, 1.54) is 6.07 Å². The highest BCUT2D eigenvalue weighted by molar-refractivity contribution is 5.77. The van der Waals surface area contributed by atoms with Crippen molar-refractivity contribution in [2.24, 2.45) is 0 Å². The van der Waals surface area contributed by atoms with Crippen LogP contribution >= 0.6 is 0 Å². The first kappa shape index (κ1) is 11.8. The zero-order valence-electron chi connectivity index (χ0n) is 10.5. The Balaban J connectivity index is 2.06. The van der Waals surface area contributed by atoms with Gasteiger partial charge in [0.1, 0.15) is 5.82 Å². The van der Waals surface area contributed by atoms with Gasteiger partial charge >= 0.3 is 0 Å². The number of allylic oxidation sites excluding steroid dienone is 4. The molecule has 0 saturated carbocycles. The Kier molecular flexibility index (Phi) is 3.23. The first-order valence-corrected chi connectivity index (χ1v) is 6.42. The minimum Gasteiger partial charge on any atom is -0.256 e. The molecular formula is C17H14FN. The lowest BCUT2D eigenvalue weighted by molar-refractivity contribution is 0.630. The molecule has 0 aliphatic heterocycles. The number of nitrogens with zero attached hydrogens (tertiary/aromatic N) is 1. The summed E-state index contributed by atoms with van der Waals surface area (Å²) in [4.78, 5) is 4.22. The number of halogens is 1. The number of benzene rings is 1. The standard InChI is InChI=1S/C17H14FN/c18-16-10-9-14(13-6-2-1-3-7-13)12-15(16)17-8-4-5-11-19-17/h2,4-12H,1,3H2. The fourth-order valence-electron chi connectivity index (χ4n) is 2.25. The second kappa shape index (κ2) is 5.19. The molecule has 1 aliphatic rings. The van der Waals surface area contributed by atoms with E-state index in [0.717, 1.165) is 24.0 Å². The van der Waals surface area contributed by atoms with Crippen LogP contribution < -0.4 is 0 Å². The molecule has 0 bridgehead atoms. The van der Waals surface area contributed by atoms with Crippen LogP contribution in [0.2, 0.25) is 0 Å². The molecule has 19 heavy (non-hydrogen) atoms. The molecule has 94 valence electrons. The highest BCUT2D eigenvalue weighted by atomic mass is 19.1. The van der Waals surface area contributed by atoms with E-state index in [1.54, 1.807) is 6.20 Å². The molecule has 1 aliphatic carbocycles. The van der Waals surface area contributed by atoms with Crippen LogP contribution in [-0.4, -0.2) is 4.98 Å². The molecule has 3 rings (SSSR count). The average Bonchev–Trinajstić information content (AvgIpc) is 2.49. The normalized spacial score (nSPS) is 14.3. The van der Waals surface area contributed by atoms with Crippen molar-refractivity contribution in [3.05, 3.63) is 72.2 Å². The van der Waals surface area contributed by atoms with Crippen molar-refractivity contribution < 1.29 is 4.39 Å². The van der Waals surface area contributed by atoms with E-state index in [2.05, 4.69) is 23.2 Å². The third-order valence-electron chi connectivity index (χ3n) is 3.24. The summed E-state index contributed by atoms with van der Waals surface area (Å²) in [6, 6.07) is 10.7. The highest BCUT2D eigenvalue weighted by Gasteiger charge is 2.09. The van der Waals surface area contributed by atoms with Crippen LogP contribution in [0.5, 0.6) is 0 Å². The van der Waals surface area contributed by atoms with Crippen LogP contribution in [0.15, 0.2) is 60.8 Å². The van der Waals surface area contributed by atoms with Crippen molar-refractivity contribution in [1.29, 1.82) is 0 Å². The molecule has 0 radical (unpaired) electrons. The molecule has 2 aromatic rings. The van der Waals surface area contributed by atoms with Gasteiger partial charge < -0.3 is 0 Å². The summed E-state index contributed by atoms with van der Waals surface area (Å²) >= 11 is 0. The molecule has 0 N–H and O–H groups in total. The predicted molar refractivity (Wildman–Crippen MR) is 76.0 cm³/mol. The van der Waals surface area contributed by atoms with Gasteiger partial charge in [0.25, 0.3) is 0 Å². The fourth-order valence-corrected chi connectivity index (χ4v) is 2.25. The molecule has 1 aromatic heterocycles. The van der Waals surface area contributed by atoms with Crippen LogP contribution in [-0.2, 0) is 0 Å². The molecule has 0 spiro atoms. The SMILES string of the molecule is Fc1ccc(C2=CCCC=C2)cc1-c1ccccn1. The summed E-state index contributed by atoms with van der Waals surface area (Å²) < 4.78 is 13.9. The molecular weight excluding hydrogens is 237 g/mol. The zero-order chi connectivity index (χ0) is 13.1. The van der Waals surface area contributed by atoms with Crippen LogP contribution in [0.3, 0.4) is 0 Å². The zero-order valence-corrected chi connectivity index (χ0v) is 10.5. The van der Waals surface area contributed by atoms with Crippen molar-refractivity contribution in [2.45, 2.75) is 12.8 Å². The lowest BCUT2D eigenvalue weighted by Crippen LogP contribution is -1.91. The largest absolute Gasteiger partial charge is 0.256 e. The van der Waals surface area contributed by atoms with Gasteiger partial charge in [0.2, 0.25) is 0 Å². The molecule has 1 nitrogen and oxygen atoms in total. The van der Waals surface area contributed by atoms with Crippen LogP contribution in [0, 0.1) is 5.82 Å². The lowest BCUT2D eigenvalue weighted by Gasteiger charge is -2.10. The Bertz CT molecular complexity index is 642. The highest BCUT2D eigenvalue weighted by Crippen LogP contribution is 2.27. The second-order valence-electron chi connectivity index (χ2n) is 4.55. The summed E-state index contributed by atoms with van der Waals surface area (Å²) in [5, 5.41) is 0. The summed E-state index contributed by atoms with van der Waals surface area (Å²) in [5.41, 5.74) is 3.42. The van der Waals surface area contributed by atoms with Gasteiger partial charge in [-0.25, -0.2) is 4.39 Å². The van der Waals surface area contributed by atoms with Gasteiger partial charge in [0.15, 0.2) is 0 Å². The van der Waals surface area contributed by atoms with Gasteiger partial charge in [-0.15, -0.1) is 0 Å². The fraction of sp³-hybridized carbons (Fsp3) is 0.118.